The molecule has 1 aromatic rings. The first-order valence-corrected chi connectivity index (χ1v) is 8.80. The molecule has 0 amide bonds. The van der Waals surface area contributed by atoms with Gasteiger partial charge in [0.1, 0.15) is 0 Å². The van der Waals surface area contributed by atoms with Crippen molar-refractivity contribution in [2.75, 3.05) is 19.6 Å². The van der Waals surface area contributed by atoms with Crippen molar-refractivity contribution in [2.24, 2.45) is 0 Å². The van der Waals surface area contributed by atoms with Crippen LogP contribution in [0.1, 0.15) is 37.3 Å². The smallest absolute Gasteiger partial charge is 0.243 e. The van der Waals surface area contributed by atoms with Crippen molar-refractivity contribution in [2.45, 2.75) is 44.6 Å². The number of hydrogen-bond acceptors (Lipinski definition) is 3. The van der Waals surface area contributed by atoms with Crippen molar-refractivity contribution in [3.05, 3.63) is 29.3 Å². The zero-order chi connectivity index (χ0) is 14.6. The van der Waals surface area contributed by atoms with E-state index in [1.54, 1.807) is 4.31 Å². The standard InChI is InChI=1S/C15H24N2O2S/c1-3-8-16-12-14-7-6-13(2)15(11-14)20(18,19)17-9-4-5-10-17/h6-7,11,16H,3-5,8-10,12H2,1-2H3. The third kappa shape index (κ3) is 3.40. The predicted molar refractivity (Wildman–Crippen MR) is 81.2 cm³/mol. The lowest BCUT2D eigenvalue weighted by Crippen LogP contribution is -2.28. The van der Waals surface area contributed by atoms with Gasteiger partial charge in [-0.3, -0.25) is 0 Å². The maximum atomic E-state index is 12.6. The van der Waals surface area contributed by atoms with Crippen molar-refractivity contribution in [3.63, 3.8) is 0 Å². The third-order valence-electron chi connectivity index (χ3n) is 3.69. The summed E-state index contributed by atoms with van der Waals surface area (Å²) in [6.45, 7) is 6.95. The summed E-state index contributed by atoms with van der Waals surface area (Å²) in [5, 5.41) is 3.31. The Kier molecular flexibility index (Phi) is 5.18. The maximum Gasteiger partial charge on any atom is 0.243 e. The molecule has 1 heterocycles. The number of benzene rings is 1. The van der Waals surface area contributed by atoms with Crippen LogP contribution in [0.4, 0.5) is 0 Å². The molecule has 20 heavy (non-hydrogen) atoms. The van der Waals surface area contributed by atoms with Crippen LogP contribution in [0, 0.1) is 6.92 Å². The van der Waals surface area contributed by atoms with Gasteiger partial charge in [-0.2, -0.15) is 4.31 Å². The Bertz CT molecular complexity index is 549. The number of rotatable bonds is 6. The molecule has 1 aliphatic rings. The summed E-state index contributed by atoms with van der Waals surface area (Å²) in [6, 6.07) is 5.73. The SMILES string of the molecule is CCCNCc1ccc(C)c(S(=O)(=O)N2CCCC2)c1. The van der Waals surface area contributed by atoms with Gasteiger partial charge in [0.2, 0.25) is 10.0 Å². The summed E-state index contributed by atoms with van der Waals surface area (Å²) in [6.07, 6.45) is 3.01. The van der Waals surface area contributed by atoms with Crippen LogP contribution in [-0.2, 0) is 16.6 Å². The van der Waals surface area contributed by atoms with Gasteiger partial charge in [-0.25, -0.2) is 8.42 Å². The highest BCUT2D eigenvalue weighted by Gasteiger charge is 2.28. The van der Waals surface area contributed by atoms with Gasteiger partial charge in [-0.15, -0.1) is 0 Å². The number of nitrogens with one attached hydrogen (secondary N) is 1. The Labute approximate surface area is 122 Å². The average Bonchev–Trinajstić information content (AvgIpc) is 2.95. The first-order valence-electron chi connectivity index (χ1n) is 7.36. The highest BCUT2D eigenvalue weighted by atomic mass is 32.2. The summed E-state index contributed by atoms with van der Waals surface area (Å²) in [7, 11) is -3.32. The van der Waals surface area contributed by atoms with E-state index < -0.39 is 10.0 Å². The minimum Gasteiger partial charge on any atom is -0.313 e. The fourth-order valence-corrected chi connectivity index (χ4v) is 4.30. The van der Waals surface area contributed by atoms with Crippen LogP contribution in [0.15, 0.2) is 23.1 Å². The van der Waals surface area contributed by atoms with E-state index in [9.17, 15) is 8.42 Å². The first-order chi connectivity index (χ1) is 9.55. The average molecular weight is 296 g/mol. The molecule has 0 aliphatic carbocycles. The quantitative estimate of drug-likeness (QED) is 0.819. The highest BCUT2D eigenvalue weighted by Crippen LogP contribution is 2.24. The molecule has 4 nitrogen and oxygen atoms in total. The van der Waals surface area contributed by atoms with Gasteiger partial charge in [0.25, 0.3) is 0 Å². The van der Waals surface area contributed by atoms with Gasteiger partial charge in [-0.05, 0) is 49.9 Å². The molecule has 0 bridgehead atoms. The lowest BCUT2D eigenvalue weighted by atomic mass is 10.1. The van der Waals surface area contributed by atoms with Gasteiger partial charge in [0.05, 0.1) is 4.90 Å². The Morgan fingerprint density at radius 1 is 1.25 bits per heavy atom. The normalized spacial score (nSPS) is 16.7. The van der Waals surface area contributed by atoms with Gasteiger partial charge < -0.3 is 5.32 Å². The van der Waals surface area contributed by atoms with Crippen LogP contribution in [0.2, 0.25) is 0 Å². The van der Waals surface area contributed by atoms with E-state index >= 15 is 0 Å². The predicted octanol–water partition coefficient (Wildman–Crippen LogP) is 2.28. The van der Waals surface area contributed by atoms with Gasteiger partial charge in [0, 0.05) is 19.6 Å². The summed E-state index contributed by atoms with van der Waals surface area (Å²) >= 11 is 0. The second-order valence-electron chi connectivity index (χ2n) is 5.39. The number of nitrogens with zero attached hydrogens (tertiary/aromatic N) is 1. The molecular formula is C15H24N2O2S. The van der Waals surface area contributed by atoms with Crippen LogP contribution >= 0.6 is 0 Å². The third-order valence-corrected chi connectivity index (χ3v) is 5.73. The Morgan fingerprint density at radius 3 is 2.60 bits per heavy atom. The molecule has 1 saturated heterocycles. The monoisotopic (exact) mass is 296 g/mol. The van der Waals surface area contributed by atoms with Crippen molar-refractivity contribution >= 4 is 10.0 Å². The fraction of sp³-hybridized carbons (Fsp3) is 0.600. The van der Waals surface area contributed by atoms with Crippen molar-refractivity contribution < 1.29 is 8.42 Å². The topological polar surface area (TPSA) is 49.4 Å². The van der Waals surface area contributed by atoms with Crippen molar-refractivity contribution in [3.8, 4) is 0 Å². The molecule has 1 aromatic carbocycles. The molecule has 0 radical (unpaired) electrons. The summed E-state index contributed by atoms with van der Waals surface area (Å²) in [4.78, 5) is 0.468. The molecule has 0 unspecified atom stereocenters. The van der Waals surface area contributed by atoms with E-state index in [1.807, 2.05) is 25.1 Å². The molecular weight excluding hydrogens is 272 g/mol. The second-order valence-corrected chi connectivity index (χ2v) is 7.29. The summed E-state index contributed by atoms with van der Waals surface area (Å²) < 4.78 is 26.9. The first kappa shape index (κ1) is 15.5. The van der Waals surface area contributed by atoms with E-state index in [0.29, 0.717) is 18.0 Å². The van der Waals surface area contributed by atoms with Crippen LogP contribution in [0.3, 0.4) is 0 Å². The van der Waals surface area contributed by atoms with Crippen molar-refractivity contribution in [1.29, 1.82) is 0 Å². The summed E-state index contributed by atoms with van der Waals surface area (Å²) in [5.74, 6) is 0. The number of aryl methyl sites for hydroxylation is 1. The Morgan fingerprint density at radius 2 is 1.95 bits per heavy atom. The van der Waals surface area contributed by atoms with E-state index in [2.05, 4.69) is 12.2 Å². The molecule has 1 N–H and O–H groups in total. The molecule has 2 rings (SSSR count). The molecule has 0 aromatic heterocycles. The molecule has 0 atom stereocenters. The van der Waals surface area contributed by atoms with E-state index in [4.69, 9.17) is 0 Å². The Hall–Kier alpha value is -0.910. The van der Waals surface area contributed by atoms with E-state index in [1.165, 1.54) is 0 Å². The zero-order valence-corrected chi connectivity index (χ0v) is 13.2. The lowest BCUT2D eigenvalue weighted by Gasteiger charge is -2.18. The minimum absolute atomic E-state index is 0.468. The van der Waals surface area contributed by atoms with Gasteiger partial charge in [0.15, 0.2) is 0 Å². The molecule has 0 saturated carbocycles. The minimum atomic E-state index is -3.32. The second kappa shape index (κ2) is 6.70. The maximum absolute atomic E-state index is 12.6. The van der Waals surface area contributed by atoms with Crippen LogP contribution in [0.5, 0.6) is 0 Å². The zero-order valence-electron chi connectivity index (χ0n) is 12.4. The molecule has 0 spiro atoms. The molecule has 1 aliphatic heterocycles. The number of sulfonamides is 1. The Balaban J connectivity index is 2.23. The summed E-state index contributed by atoms with van der Waals surface area (Å²) in [5.41, 5.74) is 1.86. The molecule has 5 heteroatoms. The lowest BCUT2D eigenvalue weighted by molar-refractivity contribution is 0.477. The molecule has 112 valence electrons. The van der Waals surface area contributed by atoms with Crippen molar-refractivity contribution in [1.82, 2.24) is 9.62 Å². The largest absolute Gasteiger partial charge is 0.313 e. The van der Waals surface area contributed by atoms with Crippen LogP contribution < -0.4 is 5.32 Å². The fourth-order valence-electron chi connectivity index (χ4n) is 2.51. The van der Waals surface area contributed by atoms with Gasteiger partial charge in [-0.1, -0.05) is 19.1 Å². The number of hydrogen-bond donors (Lipinski definition) is 1. The highest BCUT2D eigenvalue weighted by molar-refractivity contribution is 7.89. The van der Waals surface area contributed by atoms with Crippen LogP contribution in [-0.4, -0.2) is 32.4 Å². The van der Waals surface area contributed by atoms with Gasteiger partial charge >= 0.3 is 0 Å². The van der Waals surface area contributed by atoms with Crippen LogP contribution in [0.25, 0.3) is 0 Å². The van der Waals surface area contributed by atoms with E-state index in [0.717, 1.165) is 43.5 Å². The molecule has 1 fully saturated rings. The van der Waals surface area contributed by atoms with E-state index in [-0.39, 0.29) is 0 Å².